The molecule has 5 nitrogen and oxygen atoms in total. The van der Waals surface area contributed by atoms with Gasteiger partial charge in [0.05, 0.1) is 22.9 Å². The normalized spacial score (nSPS) is 12.6. The number of fused-ring (bicyclic) bond motifs is 1. The average Bonchev–Trinajstić information content (AvgIpc) is 2.81. The largest absolute Gasteiger partial charge is 0.383 e. The van der Waals surface area contributed by atoms with Crippen molar-refractivity contribution >= 4 is 28.7 Å². The number of amides is 1. The second kappa shape index (κ2) is 6.76. The first-order chi connectivity index (χ1) is 9.67. The van der Waals surface area contributed by atoms with Gasteiger partial charge in [-0.1, -0.05) is 23.9 Å². The molecule has 0 aliphatic rings. The number of para-hydroxylation sites is 2. The predicted octanol–water partition coefficient (Wildman–Crippen LogP) is 1.91. The van der Waals surface area contributed by atoms with Crippen LogP contribution < -0.4 is 5.32 Å². The topological polar surface area (TPSA) is 56.2 Å². The minimum absolute atomic E-state index is 0.000322. The SMILES string of the molecule is CNC(=O)[C@H](C)Sc1nc2ccccc2n1CCOC. The lowest BCUT2D eigenvalue weighted by molar-refractivity contribution is -0.119. The maximum atomic E-state index is 11.7. The molecule has 2 rings (SSSR count). The molecular weight excluding hydrogens is 274 g/mol. The molecule has 108 valence electrons. The lowest BCUT2D eigenvalue weighted by Crippen LogP contribution is -2.27. The van der Waals surface area contributed by atoms with Crippen LogP contribution in [0.5, 0.6) is 0 Å². The molecule has 0 aliphatic carbocycles. The molecule has 0 saturated carbocycles. The van der Waals surface area contributed by atoms with Crippen LogP contribution in [-0.4, -0.2) is 41.5 Å². The molecule has 1 atom stereocenters. The fourth-order valence-electron chi connectivity index (χ4n) is 1.96. The molecule has 6 heteroatoms. The Hall–Kier alpha value is -1.53. The third-order valence-electron chi connectivity index (χ3n) is 3.04. The van der Waals surface area contributed by atoms with Crippen molar-refractivity contribution < 1.29 is 9.53 Å². The van der Waals surface area contributed by atoms with Crippen LogP contribution in [0.2, 0.25) is 0 Å². The van der Waals surface area contributed by atoms with E-state index in [1.54, 1.807) is 14.2 Å². The summed E-state index contributed by atoms with van der Waals surface area (Å²) in [5.41, 5.74) is 2.01. The molecule has 1 N–H and O–H groups in total. The molecule has 0 aliphatic heterocycles. The van der Waals surface area contributed by atoms with Gasteiger partial charge in [0.25, 0.3) is 0 Å². The molecule has 1 aromatic heterocycles. The Kier molecular flexibility index (Phi) is 5.03. The summed E-state index contributed by atoms with van der Waals surface area (Å²) in [7, 11) is 3.33. The summed E-state index contributed by atoms with van der Waals surface area (Å²) in [5.74, 6) is 0.000322. The third-order valence-corrected chi connectivity index (χ3v) is 4.13. The van der Waals surface area contributed by atoms with Crippen LogP contribution in [0.3, 0.4) is 0 Å². The van der Waals surface area contributed by atoms with Gasteiger partial charge in [0, 0.05) is 20.7 Å². The molecule has 0 unspecified atom stereocenters. The summed E-state index contributed by atoms with van der Waals surface area (Å²) in [6, 6.07) is 7.97. The standard InChI is InChI=1S/C14H19N3O2S/c1-10(13(18)15-2)20-14-16-11-6-4-5-7-12(11)17(14)8-9-19-3/h4-7,10H,8-9H2,1-3H3,(H,15,18)/t10-/m0/s1. The lowest BCUT2D eigenvalue weighted by atomic mass is 10.3. The lowest BCUT2D eigenvalue weighted by Gasteiger charge is -2.11. The zero-order valence-corrected chi connectivity index (χ0v) is 12.7. The summed E-state index contributed by atoms with van der Waals surface area (Å²) in [6.45, 7) is 3.21. The first kappa shape index (κ1) is 14.9. The van der Waals surface area contributed by atoms with E-state index < -0.39 is 0 Å². The Labute approximate surface area is 122 Å². The van der Waals surface area contributed by atoms with E-state index in [2.05, 4.69) is 14.9 Å². The molecule has 1 heterocycles. The van der Waals surface area contributed by atoms with Crippen LogP contribution in [0, 0.1) is 0 Å². The monoisotopic (exact) mass is 293 g/mol. The van der Waals surface area contributed by atoms with Gasteiger partial charge in [0.1, 0.15) is 0 Å². The van der Waals surface area contributed by atoms with Crippen molar-refractivity contribution in [3.05, 3.63) is 24.3 Å². The quantitative estimate of drug-likeness (QED) is 0.827. The van der Waals surface area contributed by atoms with Gasteiger partial charge in [-0.3, -0.25) is 4.79 Å². The van der Waals surface area contributed by atoms with Gasteiger partial charge in [-0.05, 0) is 19.1 Å². The molecule has 0 spiro atoms. The van der Waals surface area contributed by atoms with Crippen LogP contribution >= 0.6 is 11.8 Å². The van der Waals surface area contributed by atoms with Gasteiger partial charge in [0.2, 0.25) is 5.91 Å². The highest BCUT2D eigenvalue weighted by atomic mass is 32.2. The number of hydrogen-bond acceptors (Lipinski definition) is 4. The molecule has 1 aromatic carbocycles. The molecule has 0 bridgehead atoms. The summed E-state index contributed by atoms with van der Waals surface area (Å²) >= 11 is 1.46. The van der Waals surface area contributed by atoms with Crippen LogP contribution in [-0.2, 0) is 16.1 Å². The Morgan fingerprint density at radius 2 is 2.25 bits per heavy atom. The van der Waals surface area contributed by atoms with Gasteiger partial charge in [-0.2, -0.15) is 0 Å². The number of methoxy groups -OCH3 is 1. The number of benzene rings is 1. The second-order valence-electron chi connectivity index (χ2n) is 4.40. The molecule has 0 radical (unpaired) electrons. The van der Waals surface area contributed by atoms with Crippen molar-refractivity contribution in [2.45, 2.75) is 23.9 Å². The minimum atomic E-state index is -0.182. The molecule has 20 heavy (non-hydrogen) atoms. The van der Waals surface area contributed by atoms with E-state index in [1.165, 1.54) is 11.8 Å². The molecule has 0 fully saturated rings. The fourth-order valence-corrected chi connectivity index (χ4v) is 2.97. The summed E-state index contributed by atoms with van der Waals surface area (Å²) in [6.07, 6.45) is 0. The van der Waals surface area contributed by atoms with E-state index in [-0.39, 0.29) is 11.2 Å². The number of aromatic nitrogens is 2. The Balaban J connectivity index is 2.33. The Morgan fingerprint density at radius 3 is 2.95 bits per heavy atom. The van der Waals surface area contributed by atoms with E-state index in [1.807, 2.05) is 31.2 Å². The number of nitrogens with one attached hydrogen (secondary N) is 1. The van der Waals surface area contributed by atoms with E-state index in [9.17, 15) is 4.79 Å². The van der Waals surface area contributed by atoms with Gasteiger partial charge in [0.15, 0.2) is 5.16 Å². The summed E-state index contributed by atoms with van der Waals surface area (Å²) in [5, 5.41) is 3.32. The smallest absolute Gasteiger partial charge is 0.233 e. The highest BCUT2D eigenvalue weighted by Crippen LogP contribution is 2.27. The molecule has 2 aromatic rings. The number of nitrogens with zero attached hydrogens (tertiary/aromatic N) is 2. The van der Waals surface area contributed by atoms with Gasteiger partial charge < -0.3 is 14.6 Å². The van der Waals surface area contributed by atoms with Crippen LogP contribution in [0.4, 0.5) is 0 Å². The number of carbonyl (C=O) groups excluding carboxylic acids is 1. The number of thioether (sulfide) groups is 1. The van der Waals surface area contributed by atoms with Gasteiger partial charge in [-0.25, -0.2) is 4.98 Å². The molecular formula is C14H19N3O2S. The van der Waals surface area contributed by atoms with Gasteiger partial charge in [-0.15, -0.1) is 0 Å². The number of carbonyl (C=O) groups is 1. The number of ether oxygens (including phenoxy) is 1. The van der Waals surface area contributed by atoms with Crippen LogP contribution in [0.1, 0.15) is 6.92 Å². The maximum absolute atomic E-state index is 11.7. The number of imidazole rings is 1. The number of hydrogen-bond donors (Lipinski definition) is 1. The summed E-state index contributed by atoms with van der Waals surface area (Å²) < 4.78 is 7.26. The first-order valence-electron chi connectivity index (χ1n) is 6.49. The van der Waals surface area contributed by atoms with Crippen molar-refractivity contribution in [1.29, 1.82) is 0 Å². The van der Waals surface area contributed by atoms with E-state index >= 15 is 0 Å². The highest BCUT2D eigenvalue weighted by molar-refractivity contribution is 8.00. The van der Waals surface area contributed by atoms with Crippen molar-refractivity contribution in [3.8, 4) is 0 Å². The second-order valence-corrected chi connectivity index (χ2v) is 5.71. The molecule has 1 amide bonds. The van der Waals surface area contributed by atoms with Crippen molar-refractivity contribution in [1.82, 2.24) is 14.9 Å². The first-order valence-corrected chi connectivity index (χ1v) is 7.37. The minimum Gasteiger partial charge on any atom is -0.383 e. The fraction of sp³-hybridized carbons (Fsp3) is 0.429. The van der Waals surface area contributed by atoms with Crippen molar-refractivity contribution in [2.24, 2.45) is 0 Å². The van der Waals surface area contributed by atoms with Crippen LogP contribution in [0.25, 0.3) is 11.0 Å². The van der Waals surface area contributed by atoms with Crippen molar-refractivity contribution in [2.75, 3.05) is 20.8 Å². The third kappa shape index (κ3) is 3.13. The Bertz CT molecular complexity index is 597. The predicted molar refractivity (Wildman–Crippen MR) is 81.0 cm³/mol. The summed E-state index contributed by atoms with van der Waals surface area (Å²) in [4.78, 5) is 16.3. The average molecular weight is 293 g/mol. The Morgan fingerprint density at radius 1 is 1.50 bits per heavy atom. The van der Waals surface area contributed by atoms with Crippen molar-refractivity contribution in [3.63, 3.8) is 0 Å². The zero-order chi connectivity index (χ0) is 14.5. The van der Waals surface area contributed by atoms with E-state index in [0.29, 0.717) is 6.61 Å². The highest BCUT2D eigenvalue weighted by Gasteiger charge is 2.18. The maximum Gasteiger partial charge on any atom is 0.233 e. The van der Waals surface area contributed by atoms with Crippen LogP contribution in [0.15, 0.2) is 29.4 Å². The number of rotatable bonds is 6. The van der Waals surface area contributed by atoms with E-state index in [0.717, 1.165) is 22.7 Å². The van der Waals surface area contributed by atoms with E-state index in [4.69, 9.17) is 4.74 Å². The molecule has 0 saturated heterocycles. The van der Waals surface area contributed by atoms with Gasteiger partial charge >= 0.3 is 0 Å². The zero-order valence-electron chi connectivity index (χ0n) is 11.9.